The van der Waals surface area contributed by atoms with Crippen molar-refractivity contribution in [1.29, 1.82) is 0 Å². The molecule has 0 saturated carbocycles. The number of aromatic nitrogens is 2. The van der Waals surface area contributed by atoms with Crippen LogP contribution < -0.4 is 0 Å². The van der Waals surface area contributed by atoms with Gasteiger partial charge in [0.15, 0.2) is 5.82 Å². The number of piperidine rings is 1. The van der Waals surface area contributed by atoms with Crippen LogP contribution in [0.25, 0.3) is 0 Å². The Morgan fingerprint density at radius 2 is 2.30 bits per heavy atom. The number of hydrogen-bond donors (Lipinski definition) is 0. The molecule has 1 aromatic rings. The van der Waals surface area contributed by atoms with Crippen LogP contribution >= 0.6 is 0 Å². The summed E-state index contributed by atoms with van der Waals surface area (Å²) in [6.45, 7) is 10.8. The Kier molecular flexibility index (Phi) is 5.80. The predicted octanol–water partition coefficient (Wildman–Crippen LogP) is 3.38. The fraction of sp³-hybridized carbons (Fsp3) is 0.706. The maximum Gasteiger partial charge on any atom is 0.410 e. The van der Waals surface area contributed by atoms with Gasteiger partial charge in [-0.3, -0.25) is 0 Å². The summed E-state index contributed by atoms with van der Waals surface area (Å²) in [5, 5.41) is 4.04. The number of hydrogen-bond acceptors (Lipinski definition) is 5. The van der Waals surface area contributed by atoms with E-state index in [0.29, 0.717) is 18.4 Å². The van der Waals surface area contributed by atoms with E-state index in [2.05, 4.69) is 16.7 Å². The first-order chi connectivity index (χ1) is 10.9. The number of likely N-dealkylation sites (tertiary alicyclic amines) is 1. The molecule has 0 aliphatic carbocycles. The van der Waals surface area contributed by atoms with Crippen molar-refractivity contribution in [1.82, 2.24) is 15.0 Å². The molecule has 1 aliphatic rings. The average molecular weight is 321 g/mol. The number of allylic oxidation sites excluding steroid dienone is 1. The van der Waals surface area contributed by atoms with E-state index in [9.17, 15) is 4.79 Å². The lowest BCUT2D eigenvalue weighted by molar-refractivity contribution is 0.0165. The lowest BCUT2D eigenvalue weighted by Crippen LogP contribution is -2.43. The lowest BCUT2D eigenvalue weighted by Gasteiger charge is -2.33. The van der Waals surface area contributed by atoms with Gasteiger partial charge in [-0.05, 0) is 46.0 Å². The molecule has 128 valence electrons. The van der Waals surface area contributed by atoms with Crippen molar-refractivity contribution in [3.05, 3.63) is 24.4 Å². The minimum absolute atomic E-state index is 0.234. The predicted molar refractivity (Wildman–Crippen MR) is 87.1 cm³/mol. The molecule has 1 aromatic heterocycles. The topological polar surface area (TPSA) is 68.5 Å². The van der Waals surface area contributed by atoms with Gasteiger partial charge < -0.3 is 14.2 Å². The highest BCUT2D eigenvalue weighted by atomic mass is 16.6. The van der Waals surface area contributed by atoms with Gasteiger partial charge in [-0.25, -0.2) is 4.79 Å². The first-order valence-electron chi connectivity index (χ1n) is 8.27. The molecular weight excluding hydrogens is 294 g/mol. The number of amides is 1. The SMILES string of the molecule is C=CCCc1nc(CC2CCCN(C(=O)OC(C)(C)C)C2)no1. The molecule has 2 heterocycles. The number of nitrogens with zero attached hydrogens (tertiary/aromatic N) is 3. The number of rotatable bonds is 5. The van der Waals surface area contributed by atoms with Gasteiger partial charge in [-0.2, -0.15) is 4.98 Å². The molecule has 1 aliphatic heterocycles. The second kappa shape index (κ2) is 7.62. The molecule has 1 atom stereocenters. The number of carbonyl (C=O) groups excluding carboxylic acids is 1. The molecule has 2 rings (SSSR count). The molecule has 0 radical (unpaired) electrons. The van der Waals surface area contributed by atoms with E-state index < -0.39 is 5.60 Å². The first-order valence-corrected chi connectivity index (χ1v) is 8.27. The second-order valence-corrected chi connectivity index (χ2v) is 7.07. The van der Waals surface area contributed by atoms with Crippen molar-refractivity contribution in [2.75, 3.05) is 13.1 Å². The summed E-state index contributed by atoms with van der Waals surface area (Å²) >= 11 is 0. The van der Waals surface area contributed by atoms with E-state index in [0.717, 1.165) is 44.5 Å². The van der Waals surface area contributed by atoms with Crippen LogP contribution in [0.1, 0.15) is 51.7 Å². The monoisotopic (exact) mass is 321 g/mol. The highest BCUT2D eigenvalue weighted by Gasteiger charge is 2.28. The largest absolute Gasteiger partial charge is 0.444 e. The summed E-state index contributed by atoms with van der Waals surface area (Å²) in [6, 6.07) is 0. The summed E-state index contributed by atoms with van der Waals surface area (Å²) in [6.07, 6.45) is 5.94. The second-order valence-electron chi connectivity index (χ2n) is 7.07. The van der Waals surface area contributed by atoms with Gasteiger partial charge in [0.1, 0.15) is 5.60 Å². The summed E-state index contributed by atoms with van der Waals surface area (Å²) in [7, 11) is 0. The van der Waals surface area contributed by atoms with Crippen molar-refractivity contribution in [2.45, 2.75) is 58.5 Å². The van der Waals surface area contributed by atoms with Crippen molar-refractivity contribution in [3.8, 4) is 0 Å². The molecule has 0 N–H and O–H groups in total. The Morgan fingerprint density at radius 1 is 1.52 bits per heavy atom. The lowest BCUT2D eigenvalue weighted by atomic mass is 9.95. The van der Waals surface area contributed by atoms with E-state index >= 15 is 0 Å². The van der Waals surface area contributed by atoms with Crippen molar-refractivity contribution >= 4 is 6.09 Å². The third kappa shape index (κ3) is 5.69. The Hall–Kier alpha value is -1.85. The standard InChI is InChI=1S/C17H27N3O3/c1-5-6-9-15-18-14(19-23-15)11-13-8-7-10-20(12-13)16(21)22-17(2,3)4/h5,13H,1,6-12H2,2-4H3. The van der Waals surface area contributed by atoms with Gasteiger partial charge >= 0.3 is 6.09 Å². The minimum Gasteiger partial charge on any atom is -0.444 e. The molecule has 6 nitrogen and oxygen atoms in total. The molecule has 1 fully saturated rings. The van der Waals surface area contributed by atoms with Crippen LogP contribution in [-0.2, 0) is 17.6 Å². The molecule has 0 aromatic carbocycles. The molecule has 0 bridgehead atoms. The molecule has 0 spiro atoms. The summed E-state index contributed by atoms with van der Waals surface area (Å²) in [4.78, 5) is 18.4. The van der Waals surface area contributed by atoms with Crippen molar-refractivity contribution in [3.63, 3.8) is 0 Å². The third-order valence-corrected chi connectivity index (χ3v) is 3.71. The average Bonchev–Trinajstić information content (AvgIpc) is 2.91. The summed E-state index contributed by atoms with van der Waals surface area (Å²) < 4.78 is 10.7. The van der Waals surface area contributed by atoms with E-state index in [1.165, 1.54) is 0 Å². The van der Waals surface area contributed by atoms with Crippen LogP contribution in [0.15, 0.2) is 17.2 Å². The van der Waals surface area contributed by atoms with Gasteiger partial charge in [-0.1, -0.05) is 11.2 Å². The van der Waals surface area contributed by atoms with Gasteiger partial charge in [0.25, 0.3) is 0 Å². The van der Waals surface area contributed by atoms with E-state index in [1.807, 2.05) is 26.8 Å². The fourth-order valence-corrected chi connectivity index (χ4v) is 2.68. The maximum atomic E-state index is 12.2. The van der Waals surface area contributed by atoms with E-state index in [-0.39, 0.29) is 6.09 Å². The van der Waals surface area contributed by atoms with Gasteiger partial charge in [-0.15, -0.1) is 6.58 Å². The van der Waals surface area contributed by atoms with Crippen LogP contribution in [0.2, 0.25) is 0 Å². The zero-order valence-corrected chi connectivity index (χ0v) is 14.4. The summed E-state index contributed by atoms with van der Waals surface area (Å²) in [5.74, 6) is 1.72. The zero-order chi connectivity index (χ0) is 16.9. The quantitative estimate of drug-likeness (QED) is 0.778. The van der Waals surface area contributed by atoms with Crippen LogP contribution in [0.4, 0.5) is 4.79 Å². The Bertz CT molecular complexity index is 533. The van der Waals surface area contributed by atoms with Gasteiger partial charge in [0.2, 0.25) is 5.89 Å². The summed E-state index contributed by atoms with van der Waals surface area (Å²) in [5.41, 5.74) is -0.461. The molecule has 23 heavy (non-hydrogen) atoms. The fourth-order valence-electron chi connectivity index (χ4n) is 2.68. The Morgan fingerprint density at radius 3 is 3.00 bits per heavy atom. The number of ether oxygens (including phenoxy) is 1. The van der Waals surface area contributed by atoms with Crippen LogP contribution in [0, 0.1) is 5.92 Å². The highest BCUT2D eigenvalue weighted by molar-refractivity contribution is 5.68. The molecule has 1 unspecified atom stereocenters. The van der Waals surface area contributed by atoms with Crippen molar-refractivity contribution in [2.24, 2.45) is 5.92 Å². The van der Waals surface area contributed by atoms with Gasteiger partial charge in [0.05, 0.1) is 0 Å². The third-order valence-electron chi connectivity index (χ3n) is 3.71. The van der Waals surface area contributed by atoms with Crippen LogP contribution in [0.5, 0.6) is 0 Å². The van der Waals surface area contributed by atoms with E-state index in [4.69, 9.17) is 9.26 Å². The van der Waals surface area contributed by atoms with Crippen molar-refractivity contribution < 1.29 is 14.1 Å². The normalized spacial score (nSPS) is 18.7. The number of carbonyl (C=O) groups is 1. The molecule has 6 heteroatoms. The first kappa shape index (κ1) is 17.5. The van der Waals surface area contributed by atoms with Crippen LogP contribution in [-0.4, -0.2) is 39.8 Å². The minimum atomic E-state index is -0.461. The highest BCUT2D eigenvalue weighted by Crippen LogP contribution is 2.22. The zero-order valence-electron chi connectivity index (χ0n) is 14.4. The smallest absolute Gasteiger partial charge is 0.410 e. The maximum absolute atomic E-state index is 12.2. The number of aryl methyl sites for hydroxylation is 1. The molecule has 1 amide bonds. The molecule has 1 saturated heterocycles. The van der Waals surface area contributed by atoms with Gasteiger partial charge in [0, 0.05) is 25.9 Å². The van der Waals surface area contributed by atoms with Crippen LogP contribution in [0.3, 0.4) is 0 Å². The Balaban J connectivity index is 1.87. The molecular formula is C17H27N3O3. The van der Waals surface area contributed by atoms with E-state index in [1.54, 1.807) is 4.90 Å². The Labute approximate surface area is 137 Å².